The first kappa shape index (κ1) is 20.5. The van der Waals surface area contributed by atoms with E-state index >= 15 is 0 Å². The molecule has 0 spiro atoms. The zero-order chi connectivity index (χ0) is 20.2. The number of rotatable bonds is 7. The monoisotopic (exact) mass is 413 g/mol. The molecule has 1 N–H and O–H groups in total. The first-order valence-electron chi connectivity index (χ1n) is 10.6. The molecule has 6 heteroatoms. The lowest BCUT2D eigenvalue weighted by atomic mass is 9.77. The van der Waals surface area contributed by atoms with Gasteiger partial charge in [-0.3, -0.25) is 0 Å². The molecular formula is C23H31N3O2S. The van der Waals surface area contributed by atoms with Crippen LogP contribution in [0.3, 0.4) is 0 Å². The van der Waals surface area contributed by atoms with Crippen molar-refractivity contribution in [1.82, 2.24) is 9.88 Å². The van der Waals surface area contributed by atoms with Crippen molar-refractivity contribution < 1.29 is 9.47 Å². The van der Waals surface area contributed by atoms with Crippen LogP contribution in [0.25, 0.3) is 0 Å². The molecule has 0 bridgehead atoms. The van der Waals surface area contributed by atoms with Gasteiger partial charge in [0.25, 0.3) is 0 Å². The number of benzene rings is 1. The molecule has 1 aromatic carbocycles. The van der Waals surface area contributed by atoms with E-state index < -0.39 is 0 Å². The summed E-state index contributed by atoms with van der Waals surface area (Å²) in [6.45, 7) is 5.00. The number of hydrogen-bond acceptors (Lipinski definition) is 6. The number of pyridine rings is 1. The summed E-state index contributed by atoms with van der Waals surface area (Å²) in [6.07, 6.45) is 4.75. The van der Waals surface area contributed by atoms with Gasteiger partial charge in [0.1, 0.15) is 5.69 Å². The maximum Gasteiger partial charge on any atom is 0.238 e. The van der Waals surface area contributed by atoms with E-state index in [1.807, 2.05) is 0 Å². The molecule has 5 nitrogen and oxygen atoms in total. The van der Waals surface area contributed by atoms with E-state index in [9.17, 15) is 0 Å². The second-order valence-electron chi connectivity index (χ2n) is 7.97. The van der Waals surface area contributed by atoms with Gasteiger partial charge in [-0.1, -0.05) is 12.1 Å². The third-order valence-electron chi connectivity index (χ3n) is 5.97. The standard InChI is InChI=1S/C23H31N3O2S/c1-4-28-19-13-18(14-19)16-5-7-20(8-6-16)29-25-22-15-17-9-11-26(2)12-10-21(17)24-23(22)27-3/h5-8,15,18-19,25H,4,9-14H2,1-3H3. The molecule has 4 rings (SSSR count). The highest BCUT2D eigenvalue weighted by Gasteiger charge is 2.30. The molecule has 2 aromatic rings. The molecule has 2 heterocycles. The lowest BCUT2D eigenvalue weighted by Gasteiger charge is -2.35. The molecule has 0 unspecified atom stereocenters. The topological polar surface area (TPSA) is 46.6 Å². The second kappa shape index (κ2) is 9.37. The third kappa shape index (κ3) is 4.87. The second-order valence-corrected chi connectivity index (χ2v) is 8.85. The number of likely N-dealkylation sites (N-methyl/N-ethyl adjacent to an activating group) is 1. The summed E-state index contributed by atoms with van der Waals surface area (Å²) >= 11 is 1.61. The van der Waals surface area contributed by atoms with Gasteiger partial charge in [-0.25, -0.2) is 4.98 Å². The van der Waals surface area contributed by atoms with Gasteiger partial charge >= 0.3 is 0 Å². The van der Waals surface area contributed by atoms with Crippen molar-refractivity contribution >= 4 is 17.6 Å². The van der Waals surface area contributed by atoms with Crippen molar-refractivity contribution in [1.29, 1.82) is 0 Å². The Bertz CT molecular complexity index is 822. The van der Waals surface area contributed by atoms with E-state index in [-0.39, 0.29) is 0 Å². The number of ether oxygens (including phenoxy) is 2. The molecule has 29 heavy (non-hydrogen) atoms. The summed E-state index contributed by atoms with van der Waals surface area (Å²) in [5.74, 6) is 1.32. The predicted octanol–water partition coefficient (Wildman–Crippen LogP) is 4.52. The molecule has 2 aliphatic rings. The number of methoxy groups -OCH3 is 1. The summed E-state index contributed by atoms with van der Waals surface area (Å²) in [5.41, 5.74) is 4.85. The lowest BCUT2D eigenvalue weighted by Crippen LogP contribution is -2.29. The fraction of sp³-hybridized carbons (Fsp3) is 0.522. The third-order valence-corrected chi connectivity index (χ3v) is 6.80. The molecule has 1 aromatic heterocycles. The Labute approximate surface area is 178 Å². The Morgan fingerprint density at radius 2 is 1.93 bits per heavy atom. The van der Waals surface area contributed by atoms with Gasteiger partial charge in [-0.2, -0.15) is 0 Å². The Morgan fingerprint density at radius 1 is 1.17 bits per heavy atom. The quantitative estimate of drug-likeness (QED) is 0.674. The minimum Gasteiger partial charge on any atom is -0.479 e. The Morgan fingerprint density at radius 3 is 2.66 bits per heavy atom. The van der Waals surface area contributed by atoms with E-state index in [1.165, 1.54) is 16.0 Å². The first-order valence-corrected chi connectivity index (χ1v) is 11.4. The highest BCUT2D eigenvalue weighted by Crippen LogP contribution is 2.39. The zero-order valence-electron chi connectivity index (χ0n) is 17.6. The molecule has 1 fully saturated rings. The zero-order valence-corrected chi connectivity index (χ0v) is 18.4. The number of aromatic nitrogens is 1. The van der Waals surface area contributed by atoms with Gasteiger partial charge in [-0.05, 0) is 80.4 Å². The van der Waals surface area contributed by atoms with Gasteiger partial charge in [-0.15, -0.1) is 0 Å². The number of nitrogens with one attached hydrogen (secondary N) is 1. The van der Waals surface area contributed by atoms with Crippen LogP contribution in [0, 0.1) is 0 Å². The van der Waals surface area contributed by atoms with Crippen molar-refractivity contribution in [2.45, 2.75) is 49.5 Å². The van der Waals surface area contributed by atoms with Crippen molar-refractivity contribution in [2.24, 2.45) is 0 Å². The van der Waals surface area contributed by atoms with Gasteiger partial charge in [0, 0.05) is 36.7 Å². The fourth-order valence-corrected chi connectivity index (χ4v) is 4.73. The van der Waals surface area contributed by atoms with E-state index in [1.54, 1.807) is 19.1 Å². The molecule has 1 aliphatic heterocycles. The van der Waals surface area contributed by atoms with Crippen LogP contribution in [-0.2, 0) is 17.6 Å². The van der Waals surface area contributed by atoms with Crippen molar-refractivity contribution in [3.05, 3.63) is 47.2 Å². The smallest absolute Gasteiger partial charge is 0.238 e. The van der Waals surface area contributed by atoms with Crippen LogP contribution < -0.4 is 9.46 Å². The molecule has 0 saturated heterocycles. The average molecular weight is 414 g/mol. The number of hydrogen-bond donors (Lipinski definition) is 1. The highest BCUT2D eigenvalue weighted by molar-refractivity contribution is 8.00. The molecule has 1 aliphatic carbocycles. The summed E-state index contributed by atoms with van der Waals surface area (Å²) in [4.78, 5) is 8.32. The van der Waals surface area contributed by atoms with E-state index in [0.29, 0.717) is 17.9 Å². The van der Waals surface area contributed by atoms with Crippen LogP contribution in [0.4, 0.5) is 5.69 Å². The van der Waals surface area contributed by atoms with Crippen molar-refractivity contribution in [2.75, 3.05) is 38.6 Å². The Kier molecular flexibility index (Phi) is 6.63. The summed E-state index contributed by atoms with van der Waals surface area (Å²) in [6, 6.07) is 11.1. The maximum absolute atomic E-state index is 5.68. The molecule has 0 atom stereocenters. The summed E-state index contributed by atoms with van der Waals surface area (Å²) in [5, 5.41) is 0. The van der Waals surface area contributed by atoms with E-state index in [2.05, 4.69) is 53.9 Å². The minimum atomic E-state index is 0.452. The van der Waals surface area contributed by atoms with Crippen LogP contribution in [-0.4, -0.2) is 49.8 Å². The highest BCUT2D eigenvalue weighted by atomic mass is 32.2. The van der Waals surface area contributed by atoms with Gasteiger partial charge in [0.2, 0.25) is 5.88 Å². The van der Waals surface area contributed by atoms with Crippen molar-refractivity contribution in [3.8, 4) is 5.88 Å². The van der Waals surface area contributed by atoms with Gasteiger partial charge in [0.05, 0.1) is 13.2 Å². The first-order chi connectivity index (χ1) is 14.2. The molecule has 156 valence electrons. The normalized spacial score (nSPS) is 21.8. The van der Waals surface area contributed by atoms with Crippen LogP contribution in [0.15, 0.2) is 35.2 Å². The summed E-state index contributed by atoms with van der Waals surface area (Å²) < 4.78 is 14.7. The summed E-state index contributed by atoms with van der Waals surface area (Å²) in [7, 11) is 3.86. The van der Waals surface area contributed by atoms with Crippen LogP contribution in [0.5, 0.6) is 5.88 Å². The molecule has 0 radical (unpaired) electrons. The number of anilines is 1. The van der Waals surface area contributed by atoms with Gasteiger partial charge in [0.15, 0.2) is 0 Å². The number of fused-ring (bicyclic) bond motifs is 1. The van der Waals surface area contributed by atoms with E-state index in [0.717, 1.165) is 56.8 Å². The van der Waals surface area contributed by atoms with Crippen LogP contribution >= 0.6 is 11.9 Å². The molecule has 0 amide bonds. The van der Waals surface area contributed by atoms with Crippen LogP contribution in [0.2, 0.25) is 0 Å². The maximum atomic E-state index is 5.68. The lowest BCUT2D eigenvalue weighted by molar-refractivity contribution is -0.00319. The molecular weight excluding hydrogens is 382 g/mol. The Balaban J connectivity index is 1.39. The predicted molar refractivity (Wildman–Crippen MR) is 119 cm³/mol. The SMILES string of the molecule is CCOC1CC(c2ccc(SNc3cc4c(nc3OC)CCN(C)CC4)cc2)C1. The van der Waals surface area contributed by atoms with Gasteiger partial charge < -0.3 is 19.1 Å². The minimum absolute atomic E-state index is 0.452. The fourth-order valence-electron chi connectivity index (χ4n) is 4.09. The Hall–Kier alpha value is -1.76. The molecule has 1 saturated carbocycles. The van der Waals surface area contributed by atoms with Crippen molar-refractivity contribution in [3.63, 3.8) is 0 Å². The van der Waals surface area contributed by atoms with Crippen LogP contribution in [0.1, 0.15) is 42.5 Å². The largest absolute Gasteiger partial charge is 0.479 e. The average Bonchev–Trinajstić information content (AvgIpc) is 2.90. The van der Waals surface area contributed by atoms with E-state index in [4.69, 9.17) is 14.5 Å². The number of nitrogens with zero attached hydrogens (tertiary/aromatic N) is 2.